The number of carbonyl (C=O) groups excluding carboxylic acids is 2. The molecular weight excluding hydrogens is 258 g/mol. The number of carbonyl (C=O) groups is 2. The van der Waals surface area contributed by atoms with Gasteiger partial charge in [-0.2, -0.15) is 0 Å². The molecule has 4 N–H and O–H groups in total. The van der Waals surface area contributed by atoms with Crippen LogP contribution in [0.5, 0.6) is 5.75 Å². The van der Waals surface area contributed by atoms with E-state index < -0.39 is 5.91 Å². The van der Waals surface area contributed by atoms with Gasteiger partial charge in [-0.05, 0) is 32.9 Å². The molecule has 0 aromatic heterocycles. The van der Waals surface area contributed by atoms with E-state index in [9.17, 15) is 9.59 Å². The fraction of sp³-hybridized carbons (Fsp3) is 0.429. The molecule has 2 amide bonds. The van der Waals surface area contributed by atoms with Gasteiger partial charge in [-0.3, -0.25) is 9.59 Å². The number of benzene rings is 1. The van der Waals surface area contributed by atoms with E-state index in [-0.39, 0.29) is 18.0 Å². The largest absolute Gasteiger partial charge is 0.494 e. The zero-order valence-corrected chi connectivity index (χ0v) is 12.2. The molecule has 0 fully saturated rings. The number of nitrogens with two attached hydrogens (primary N) is 1. The molecular formula is C14H21N3O3. The van der Waals surface area contributed by atoms with Crippen LogP contribution in [0.3, 0.4) is 0 Å². The Labute approximate surface area is 118 Å². The van der Waals surface area contributed by atoms with Crippen LogP contribution in [-0.4, -0.2) is 31.0 Å². The number of hydrogen-bond acceptors (Lipinski definition) is 4. The van der Waals surface area contributed by atoms with Crippen molar-refractivity contribution in [3.8, 4) is 5.75 Å². The molecule has 110 valence electrons. The summed E-state index contributed by atoms with van der Waals surface area (Å²) in [5, 5.41) is 5.29. The highest BCUT2D eigenvalue weighted by atomic mass is 16.5. The van der Waals surface area contributed by atoms with E-state index in [4.69, 9.17) is 10.5 Å². The lowest BCUT2D eigenvalue weighted by Crippen LogP contribution is -2.45. The Bertz CT molecular complexity index is 507. The van der Waals surface area contributed by atoms with Gasteiger partial charge in [-0.1, -0.05) is 6.07 Å². The Morgan fingerprint density at radius 3 is 2.50 bits per heavy atom. The molecule has 1 rings (SSSR count). The minimum absolute atomic E-state index is 0.103. The van der Waals surface area contributed by atoms with E-state index in [0.717, 1.165) is 0 Å². The summed E-state index contributed by atoms with van der Waals surface area (Å²) < 4.78 is 5.10. The van der Waals surface area contributed by atoms with Crippen molar-refractivity contribution in [2.75, 3.05) is 19.4 Å². The Balaban J connectivity index is 2.69. The fourth-order valence-electron chi connectivity index (χ4n) is 1.68. The molecule has 20 heavy (non-hydrogen) atoms. The van der Waals surface area contributed by atoms with Gasteiger partial charge in [0.25, 0.3) is 5.91 Å². The summed E-state index contributed by atoms with van der Waals surface area (Å²) in [6, 6.07) is 4.89. The van der Waals surface area contributed by atoms with Crippen molar-refractivity contribution in [1.82, 2.24) is 10.6 Å². The molecule has 0 radical (unpaired) electrons. The summed E-state index contributed by atoms with van der Waals surface area (Å²) in [6.45, 7) is 5.50. The van der Waals surface area contributed by atoms with Crippen molar-refractivity contribution in [3.63, 3.8) is 0 Å². The average molecular weight is 279 g/mol. The molecule has 1 aromatic carbocycles. The minimum atomic E-state index is -0.404. The smallest absolute Gasteiger partial charge is 0.255 e. The van der Waals surface area contributed by atoms with E-state index in [2.05, 4.69) is 10.6 Å². The number of methoxy groups -OCH3 is 1. The number of hydrogen-bond donors (Lipinski definition) is 3. The van der Waals surface area contributed by atoms with Crippen molar-refractivity contribution >= 4 is 17.5 Å². The third-order valence-electron chi connectivity index (χ3n) is 2.42. The quantitative estimate of drug-likeness (QED) is 0.714. The van der Waals surface area contributed by atoms with Crippen LogP contribution in [0.1, 0.15) is 31.1 Å². The Morgan fingerprint density at radius 1 is 1.30 bits per heavy atom. The van der Waals surface area contributed by atoms with Crippen LogP contribution in [0, 0.1) is 0 Å². The molecule has 0 aliphatic carbocycles. The zero-order valence-electron chi connectivity index (χ0n) is 12.2. The van der Waals surface area contributed by atoms with Crippen LogP contribution in [0.25, 0.3) is 0 Å². The van der Waals surface area contributed by atoms with Crippen molar-refractivity contribution in [2.45, 2.75) is 26.3 Å². The molecule has 0 saturated heterocycles. The minimum Gasteiger partial charge on any atom is -0.494 e. The summed E-state index contributed by atoms with van der Waals surface area (Å²) in [4.78, 5) is 23.7. The topological polar surface area (TPSA) is 93.4 Å². The summed E-state index contributed by atoms with van der Waals surface area (Å²) in [7, 11) is 1.44. The number of nitrogens with one attached hydrogen (secondary N) is 2. The molecule has 0 aliphatic rings. The summed E-state index contributed by atoms with van der Waals surface area (Å²) in [6.07, 6.45) is 0. The number of ether oxygens (including phenoxy) is 1. The second-order valence-electron chi connectivity index (χ2n) is 5.41. The lowest BCUT2D eigenvalue weighted by molar-refractivity contribution is -0.121. The van der Waals surface area contributed by atoms with E-state index in [1.54, 1.807) is 18.2 Å². The number of rotatable bonds is 4. The normalized spacial score (nSPS) is 10.8. The first-order valence-electron chi connectivity index (χ1n) is 6.26. The molecule has 0 saturated carbocycles. The Hall–Kier alpha value is -2.24. The van der Waals surface area contributed by atoms with E-state index in [1.807, 2.05) is 20.8 Å². The second-order valence-corrected chi connectivity index (χ2v) is 5.41. The third-order valence-corrected chi connectivity index (χ3v) is 2.42. The van der Waals surface area contributed by atoms with Crippen molar-refractivity contribution in [1.29, 1.82) is 0 Å². The highest BCUT2D eigenvalue weighted by molar-refractivity contribution is 6.00. The van der Waals surface area contributed by atoms with E-state index >= 15 is 0 Å². The fourth-order valence-corrected chi connectivity index (χ4v) is 1.68. The first-order chi connectivity index (χ1) is 9.24. The molecule has 0 heterocycles. The van der Waals surface area contributed by atoms with Gasteiger partial charge in [0.1, 0.15) is 0 Å². The summed E-state index contributed by atoms with van der Waals surface area (Å²) >= 11 is 0. The van der Waals surface area contributed by atoms with Crippen LogP contribution in [0.4, 0.5) is 5.69 Å². The van der Waals surface area contributed by atoms with Crippen LogP contribution in [0.15, 0.2) is 18.2 Å². The van der Waals surface area contributed by atoms with E-state index in [0.29, 0.717) is 17.0 Å². The maximum Gasteiger partial charge on any atom is 0.255 e. The molecule has 0 bridgehead atoms. The predicted octanol–water partition coefficient (Wildman–Crippen LogP) is 0.922. The molecule has 0 unspecified atom stereocenters. The van der Waals surface area contributed by atoms with Crippen LogP contribution < -0.4 is 21.1 Å². The first-order valence-corrected chi connectivity index (χ1v) is 6.26. The van der Waals surface area contributed by atoms with Crippen LogP contribution in [-0.2, 0) is 4.79 Å². The molecule has 1 aromatic rings. The van der Waals surface area contributed by atoms with Gasteiger partial charge in [0.15, 0.2) is 5.75 Å². The van der Waals surface area contributed by atoms with Gasteiger partial charge in [-0.15, -0.1) is 0 Å². The first kappa shape index (κ1) is 15.8. The average Bonchev–Trinajstić information content (AvgIpc) is 2.33. The summed E-state index contributed by atoms with van der Waals surface area (Å²) in [5.74, 6) is -0.354. The third kappa shape index (κ3) is 4.46. The highest BCUT2D eigenvalue weighted by Gasteiger charge is 2.17. The van der Waals surface area contributed by atoms with Crippen LogP contribution in [0.2, 0.25) is 0 Å². The predicted molar refractivity (Wildman–Crippen MR) is 77.6 cm³/mol. The number of anilines is 1. The van der Waals surface area contributed by atoms with Crippen molar-refractivity contribution in [2.24, 2.45) is 0 Å². The second kappa shape index (κ2) is 6.27. The van der Waals surface area contributed by atoms with Gasteiger partial charge >= 0.3 is 0 Å². The standard InChI is InChI=1S/C14H21N3O3/c1-14(2,3)17-11(18)8-16-13(19)9-6-5-7-10(15)12(9)20-4/h5-7H,8,15H2,1-4H3,(H,16,19)(H,17,18). The molecule has 6 nitrogen and oxygen atoms in total. The molecule has 0 atom stereocenters. The maximum absolute atomic E-state index is 12.0. The van der Waals surface area contributed by atoms with Gasteiger partial charge in [0, 0.05) is 5.54 Å². The monoisotopic (exact) mass is 279 g/mol. The lowest BCUT2D eigenvalue weighted by atomic mass is 10.1. The maximum atomic E-state index is 12.0. The van der Waals surface area contributed by atoms with Gasteiger partial charge in [0.05, 0.1) is 24.9 Å². The SMILES string of the molecule is COc1c(N)cccc1C(=O)NCC(=O)NC(C)(C)C. The van der Waals surface area contributed by atoms with Crippen molar-refractivity contribution in [3.05, 3.63) is 23.8 Å². The number of amides is 2. The number of nitrogen functional groups attached to an aromatic ring is 1. The van der Waals surface area contributed by atoms with Gasteiger partial charge in [0.2, 0.25) is 5.91 Å². The highest BCUT2D eigenvalue weighted by Crippen LogP contribution is 2.25. The lowest BCUT2D eigenvalue weighted by Gasteiger charge is -2.20. The molecule has 0 aliphatic heterocycles. The van der Waals surface area contributed by atoms with Crippen LogP contribution >= 0.6 is 0 Å². The zero-order chi connectivity index (χ0) is 15.3. The summed E-state index contributed by atoms with van der Waals surface area (Å²) in [5.41, 5.74) is 6.06. The van der Waals surface area contributed by atoms with Gasteiger partial charge in [-0.25, -0.2) is 0 Å². The Morgan fingerprint density at radius 2 is 1.95 bits per heavy atom. The Kier molecular flexibility index (Phi) is 4.96. The van der Waals surface area contributed by atoms with E-state index in [1.165, 1.54) is 7.11 Å². The van der Waals surface area contributed by atoms with Gasteiger partial charge < -0.3 is 21.1 Å². The number of para-hydroxylation sites is 1. The van der Waals surface area contributed by atoms with Crippen molar-refractivity contribution < 1.29 is 14.3 Å². The molecule has 6 heteroatoms. The molecule has 0 spiro atoms.